The van der Waals surface area contributed by atoms with E-state index in [0.717, 1.165) is 0 Å². The van der Waals surface area contributed by atoms with Crippen molar-refractivity contribution in [2.75, 3.05) is 17.2 Å². The lowest BCUT2D eigenvalue weighted by atomic mass is 10.1. The molecule has 0 bridgehead atoms. The van der Waals surface area contributed by atoms with E-state index in [1.807, 2.05) is 0 Å². The van der Waals surface area contributed by atoms with Crippen molar-refractivity contribution in [3.63, 3.8) is 0 Å². The highest BCUT2D eigenvalue weighted by atomic mass is 16.5. The molecule has 2 aromatic rings. The minimum Gasteiger partial charge on any atom is -0.508 e. The molecule has 0 aliphatic carbocycles. The predicted octanol–water partition coefficient (Wildman–Crippen LogP) is 2.45. The Balaban J connectivity index is 2.11. The van der Waals surface area contributed by atoms with Gasteiger partial charge in [-0.3, -0.25) is 9.59 Å². The van der Waals surface area contributed by atoms with E-state index in [0.29, 0.717) is 11.3 Å². The molecule has 0 aliphatic heterocycles. The summed E-state index contributed by atoms with van der Waals surface area (Å²) in [5.41, 5.74) is 1.35. The second-order valence-electron chi connectivity index (χ2n) is 5.17. The number of amides is 2. The van der Waals surface area contributed by atoms with Crippen molar-refractivity contribution >= 4 is 29.2 Å². The number of esters is 1. The first-order valence-electron chi connectivity index (χ1n) is 7.60. The maximum Gasteiger partial charge on any atom is 0.340 e. The zero-order chi connectivity index (χ0) is 18.4. The van der Waals surface area contributed by atoms with Crippen molar-refractivity contribution in [2.45, 2.75) is 13.8 Å². The van der Waals surface area contributed by atoms with Crippen LogP contribution in [0.3, 0.4) is 0 Å². The highest BCUT2D eigenvalue weighted by molar-refractivity contribution is 6.44. The Hall–Kier alpha value is -3.35. The normalized spacial score (nSPS) is 10.0. The van der Waals surface area contributed by atoms with Crippen LogP contribution in [-0.2, 0) is 14.3 Å². The summed E-state index contributed by atoms with van der Waals surface area (Å²) in [5, 5.41) is 14.2. The van der Waals surface area contributed by atoms with Gasteiger partial charge in [0.05, 0.1) is 17.9 Å². The lowest BCUT2D eigenvalue weighted by molar-refractivity contribution is -0.133. The zero-order valence-corrected chi connectivity index (χ0v) is 13.8. The number of ether oxygens (including phenoxy) is 1. The van der Waals surface area contributed by atoms with E-state index < -0.39 is 17.8 Å². The number of carbonyl (C=O) groups excluding carboxylic acids is 3. The minimum absolute atomic E-state index is 0.0586. The number of carbonyl (C=O) groups is 3. The van der Waals surface area contributed by atoms with Crippen LogP contribution in [-0.4, -0.2) is 29.5 Å². The molecule has 7 nitrogen and oxygen atoms in total. The van der Waals surface area contributed by atoms with Crippen LogP contribution in [0.1, 0.15) is 22.8 Å². The second-order valence-corrected chi connectivity index (χ2v) is 5.17. The number of aryl methyl sites for hydroxylation is 1. The number of rotatable bonds is 4. The van der Waals surface area contributed by atoms with Crippen LogP contribution in [0, 0.1) is 6.92 Å². The lowest BCUT2D eigenvalue weighted by Crippen LogP contribution is -2.30. The minimum atomic E-state index is -0.927. The summed E-state index contributed by atoms with van der Waals surface area (Å²) in [4.78, 5) is 36.0. The van der Waals surface area contributed by atoms with E-state index in [1.165, 1.54) is 30.3 Å². The Morgan fingerprint density at radius 3 is 2.28 bits per heavy atom. The van der Waals surface area contributed by atoms with Gasteiger partial charge >= 0.3 is 17.8 Å². The van der Waals surface area contributed by atoms with Gasteiger partial charge in [0.2, 0.25) is 0 Å². The number of phenols is 1. The van der Waals surface area contributed by atoms with Crippen LogP contribution in [0.25, 0.3) is 0 Å². The van der Waals surface area contributed by atoms with Gasteiger partial charge in [0.15, 0.2) is 0 Å². The molecular formula is C18H18N2O5. The quantitative estimate of drug-likeness (QED) is 0.450. The molecule has 0 atom stereocenters. The average molecular weight is 342 g/mol. The van der Waals surface area contributed by atoms with Gasteiger partial charge in [0.1, 0.15) is 5.75 Å². The standard InChI is InChI=1S/C18H18N2O5/c1-3-25-18(24)13-6-4-5-7-15(13)20-17(23)16(22)19-14-9-8-12(21)10-11(14)2/h4-10,21H,3H2,1-2H3,(H,19,22)(H,20,23). The fraction of sp³-hybridized carbons (Fsp3) is 0.167. The molecule has 0 saturated heterocycles. The molecule has 0 saturated carbocycles. The van der Waals surface area contributed by atoms with E-state index in [-0.39, 0.29) is 23.6 Å². The number of anilines is 2. The molecule has 0 spiro atoms. The third-order valence-corrected chi connectivity index (χ3v) is 3.34. The van der Waals surface area contributed by atoms with Gasteiger partial charge in [-0.15, -0.1) is 0 Å². The van der Waals surface area contributed by atoms with E-state index >= 15 is 0 Å². The van der Waals surface area contributed by atoms with E-state index in [4.69, 9.17) is 4.74 Å². The van der Waals surface area contributed by atoms with Crippen molar-refractivity contribution in [2.24, 2.45) is 0 Å². The summed E-state index contributed by atoms with van der Waals surface area (Å²) in [7, 11) is 0. The zero-order valence-electron chi connectivity index (χ0n) is 13.8. The largest absolute Gasteiger partial charge is 0.508 e. The maximum atomic E-state index is 12.1. The van der Waals surface area contributed by atoms with Crippen molar-refractivity contribution in [3.8, 4) is 5.75 Å². The molecule has 7 heteroatoms. The van der Waals surface area contributed by atoms with Gasteiger partial charge in [-0.2, -0.15) is 0 Å². The van der Waals surface area contributed by atoms with Gasteiger partial charge in [0.25, 0.3) is 0 Å². The highest BCUT2D eigenvalue weighted by Gasteiger charge is 2.19. The van der Waals surface area contributed by atoms with E-state index in [2.05, 4.69) is 10.6 Å². The first-order chi connectivity index (χ1) is 11.9. The second kappa shape index (κ2) is 7.96. The van der Waals surface area contributed by atoms with Crippen molar-refractivity contribution in [1.82, 2.24) is 0 Å². The summed E-state index contributed by atoms with van der Waals surface area (Å²) in [6.45, 7) is 3.55. The van der Waals surface area contributed by atoms with E-state index in [1.54, 1.807) is 26.0 Å². The summed E-state index contributed by atoms with van der Waals surface area (Å²) >= 11 is 0. The summed E-state index contributed by atoms with van der Waals surface area (Å²) in [5.74, 6) is -2.35. The van der Waals surface area contributed by atoms with Gasteiger partial charge in [-0.25, -0.2) is 4.79 Å². The molecular weight excluding hydrogens is 324 g/mol. The first-order valence-corrected chi connectivity index (χ1v) is 7.60. The summed E-state index contributed by atoms with van der Waals surface area (Å²) in [6.07, 6.45) is 0. The van der Waals surface area contributed by atoms with E-state index in [9.17, 15) is 19.5 Å². The molecule has 0 unspecified atom stereocenters. The molecule has 130 valence electrons. The maximum absolute atomic E-state index is 12.1. The Bertz CT molecular complexity index is 817. The van der Waals surface area contributed by atoms with Gasteiger partial charge in [-0.05, 0) is 49.7 Å². The SMILES string of the molecule is CCOC(=O)c1ccccc1NC(=O)C(=O)Nc1ccc(O)cc1C. The molecule has 0 heterocycles. The Morgan fingerprint density at radius 1 is 1.00 bits per heavy atom. The Kier molecular flexibility index (Phi) is 5.73. The summed E-state index contributed by atoms with van der Waals surface area (Å²) in [6, 6.07) is 10.6. The molecule has 2 aromatic carbocycles. The summed E-state index contributed by atoms with van der Waals surface area (Å²) < 4.78 is 4.92. The number of aromatic hydroxyl groups is 1. The molecule has 2 amide bonds. The topological polar surface area (TPSA) is 105 Å². The smallest absolute Gasteiger partial charge is 0.340 e. The Labute approximate surface area is 144 Å². The average Bonchev–Trinajstić information content (AvgIpc) is 2.58. The molecule has 0 radical (unpaired) electrons. The fourth-order valence-corrected chi connectivity index (χ4v) is 2.13. The molecule has 0 fully saturated rings. The molecule has 0 aliphatic rings. The fourth-order valence-electron chi connectivity index (χ4n) is 2.13. The predicted molar refractivity (Wildman–Crippen MR) is 92.5 cm³/mol. The van der Waals surface area contributed by atoms with Gasteiger partial charge < -0.3 is 20.5 Å². The lowest BCUT2D eigenvalue weighted by Gasteiger charge is -2.11. The number of hydrogen-bond acceptors (Lipinski definition) is 5. The third-order valence-electron chi connectivity index (χ3n) is 3.34. The van der Waals surface area contributed by atoms with Crippen LogP contribution in [0.5, 0.6) is 5.75 Å². The number of hydrogen-bond donors (Lipinski definition) is 3. The Morgan fingerprint density at radius 2 is 1.64 bits per heavy atom. The van der Waals surface area contributed by atoms with Crippen LogP contribution in [0.15, 0.2) is 42.5 Å². The van der Waals surface area contributed by atoms with Crippen LogP contribution < -0.4 is 10.6 Å². The third kappa shape index (κ3) is 4.57. The van der Waals surface area contributed by atoms with Crippen LogP contribution >= 0.6 is 0 Å². The number of nitrogens with one attached hydrogen (secondary N) is 2. The molecule has 3 N–H and O–H groups in total. The monoisotopic (exact) mass is 342 g/mol. The van der Waals surface area contributed by atoms with Crippen LogP contribution in [0.2, 0.25) is 0 Å². The van der Waals surface area contributed by atoms with Gasteiger partial charge in [-0.1, -0.05) is 12.1 Å². The number of benzene rings is 2. The number of phenolic OH excluding ortho intramolecular Hbond substituents is 1. The van der Waals surface area contributed by atoms with Crippen molar-refractivity contribution < 1.29 is 24.2 Å². The van der Waals surface area contributed by atoms with Crippen LogP contribution in [0.4, 0.5) is 11.4 Å². The molecule has 25 heavy (non-hydrogen) atoms. The van der Waals surface area contributed by atoms with Gasteiger partial charge in [0, 0.05) is 5.69 Å². The highest BCUT2D eigenvalue weighted by Crippen LogP contribution is 2.20. The van der Waals surface area contributed by atoms with Crippen molar-refractivity contribution in [3.05, 3.63) is 53.6 Å². The van der Waals surface area contributed by atoms with Crippen molar-refractivity contribution in [1.29, 1.82) is 0 Å². The number of para-hydroxylation sites is 1. The first kappa shape index (κ1) is 18.0. The molecule has 0 aromatic heterocycles. The molecule has 2 rings (SSSR count).